The lowest BCUT2D eigenvalue weighted by atomic mass is 10.1. The average Bonchev–Trinajstić information content (AvgIpc) is 2.51. The standard InChI is InChI=1S/C16H14BrClO3/c1-20-15(19)9-12-13(17)7-8-14(18)16(12)21-10-11-5-3-2-4-6-11/h2-8H,9-10H2,1H3. The fourth-order valence-electron chi connectivity index (χ4n) is 1.84. The molecule has 0 aliphatic carbocycles. The molecule has 0 saturated heterocycles. The van der Waals surface area contributed by atoms with E-state index < -0.39 is 0 Å². The van der Waals surface area contributed by atoms with Gasteiger partial charge in [0.15, 0.2) is 0 Å². The molecule has 2 aromatic carbocycles. The molecule has 21 heavy (non-hydrogen) atoms. The van der Waals surface area contributed by atoms with E-state index in [0.29, 0.717) is 22.9 Å². The van der Waals surface area contributed by atoms with Crippen LogP contribution in [0.15, 0.2) is 46.9 Å². The van der Waals surface area contributed by atoms with E-state index in [0.717, 1.165) is 10.0 Å². The Morgan fingerprint density at radius 2 is 1.90 bits per heavy atom. The van der Waals surface area contributed by atoms with E-state index in [4.69, 9.17) is 21.1 Å². The quantitative estimate of drug-likeness (QED) is 0.733. The number of halogens is 2. The highest BCUT2D eigenvalue weighted by atomic mass is 79.9. The van der Waals surface area contributed by atoms with Crippen molar-refractivity contribution in [1.82, 2.24) is 0 Å². The number of benzene rings is 2. The van der Waals surface area contributed by atoms with Crippen molar-refractivity contribution in [2.45, 2.75) is 13.0 Å². The monoisotopic (exact) mass is 368 g/mol. The summed E-state index contributed by atoms with van der Waals surface area (Å²) in [5.74, 6) is 0.155. The Morgan fingerprint density at radius 3 is 2.57 bits per heavy atom. The van der Waals surface area contributed by atoms with Gasteiger partial charge >= 0.3 is 5.97 Å². The Kier molecular flexibility index (Phi) is 5.65. The van der Waals surface area contributed by atoms with E-state index in [1.165, 1.54) is 7.11 Å². The third kappa shape index (κ3) is 4.22. The van der Waals surface area contributed by atoms with Gasteiger partial charge in [0, 0.05) is 10.0 Å². The molecule has 0 heterocycles. The number of esters is 1. The van der Waals surface area contributed by atoms with Gasteiger partial charge in [-0.25, -0.2) is 0 Å². The van der Waals surface area contributed by atoms with Crippen molar-refractivity contribution >= 4 is 33.5 Å². The summed E-state index contributed by atoms with van der Waals surface area (Å²) < 4.78 is 11.3. The van der Waals surface area contributed by atoms with Gasteiger partial charge in [-0.05, 0) is 17.7 Å². The maximum absolute atomic E-state index is 11.5. The second-order valence-corrected chi connectivity index (χ2v) is 5.63. The summed E-state index contributed by atoms with van der Waals surface area (Å²) in [7, 11) is 1.35. The maximum Gasteiger partial charge on any atom is 0.310 e. The molecule has 0 N–H and O–H groups in total. The third-order valence-corrected chi connectivity index (χ3v) is 3.97. The summed E-state index contributed by atoms with van der Waals surface area (Å²) in [4.78, 5) is 11.5. The summed E-state index contributed by atoms with van der Waals surface area (Å²) in [5, 5.41) is 0.466. The van der Waals surface area contributed by atoms with Crippen LogP contribution < -0.4 is 4.74 Å². The summed E-state index contributed by atoms with van der Waals surface area (Å²) in [6.07, 6.45) is 0.0990. The Bertz CT molecular complexity index is 629. The molecule has 0 radical (unpaired) electrons. The second-order valence-electron chi connectivity index (χ2n) is 4.36. The van der Waals surface area contributed by atoms with Crippen LogP contribution in [-0.2, 0) is 22.6 Å². The van der Waals surface area contributed by atoms with Crippen molar-refractivity contribution in [3.8, 4) is 5.75 Å². The Morgan fingerprint density at radius 1 is 1.19 bits per heavy atom. The normalized spacial score (nSPS) is 10.2. The van der Waals surface area contributed by atoms with Crippen molar-refractivity contribution in [2.24, 2.45) is 0 Å². The first kappa shape index (κ1) is 15.9. The van der Waals surface area contributed by atoms with Crippen molar-refractivity contribution in [1.29, 1.82) is 0 Å². The molecule has 2 aromatic rings. The number of carbonyl (C=O) groups excluding carboxylic acids is 1. The predicted octanol–water partition coefficient (Wildman–Crippen LogP) is 4.40. The van der Waals surface area contributed by atoms with E-state index in [1.807, 2.05) is 30.3 Å². The van der Waals surface area contributed by atoms with Crippen molar-refractivity contribution < 1.29 is 14.3 Å². The number of methoxy groups -OCH3 is 1. The average molecular weight is 370 g/mol. The SMILES string of the molecule is COC(=O)Cc1c(Br)ccc(Cl)c1OCc1ccccc1. The Balaban J connectivity index is 2.24. The van der Waals surface area contributed by atoms with Crippen LogP contribution >= 0.6 is 27.5 Å². The van der Waals surface area contributed by atoms with Crippen molar-refractivity contribution in [2.75, 3.05) is 7.11 Å². The van der Waals surface area contributed by atoms with Gasteiger partial charge in [0.05, 0.1) is 18.6 Å². The topological polar surface area (TPSA) is 35.5 Å². The van der Waals surface area contributed by atoms with Crippen LogP contribution in [0.4, 0.5) is 0 Å². The summed E-state index contributed by atoms with van der Waals surface area (Å²) in [6, 6.07) is 13.3. The number of hydrogen-bond acceptors (Lipinski definition) is 3. The van der Waals surface area contributed by atoms with Crippen LogP contribution in [0.1, 0.15) is 11.1 Å². The van der Waals surface area contributed by atoms with Gasteiger partial charge in [0.25, 0.3) is 0 Å². The lowest BCUT2D eigenvalue weighted by Crippen LogP contribution is -2.08. The zero-order valence-electron chi connectivity index (χ0n) is 11.4. The van der Waals surface area contributed by atoms with E-state index in [1.54, 1.807) is 12.1 Å². The molecule has 0 saturated carbocycles. The van der Waals surface area contributed by atoms with Gasteiger partial charge in [-0.3, -0.25) is 4.79 Å². The minimum atomic E-state index is -0.345. The van der Waals surface area contributed by atoms with Gasteiger partial charge in [-0.15, -0.1) is 0 Å². The molecule has 5 heteroatoms. The number of hydrogen-bond donors (Lipinski definition) is 0. The molecule has 0 aliphatic heterocycles. The van der Waals surface area contributed by atoms with Gasteiger partial charge in [-0.1, -0.05) is 57.9 Å². The molecule has 2 rings (SSSR count). The lowest BCUT2D eigenvalue weighted by molar-refractivity contribution is -0.139. The van der Waals surface area contributed by atoms with Gasteiger partial charge < -0.3 is 9.47 Å². The molecular formula is C16H14BrClO3. The highest BCUT2D eigenvalue weighted by Crippen LogP contribution is 2.35. The second kappa shape index (κ2) is 7.48. The molecule has 0 amide bonds. The molecule has 0 unspecified atom stereocenters. The minimum Gasteiger partial charge on any atom is -0.487 e. The zero-order valence-corrected chi connectivity index (χ0v) is 13.8. The first-order valence-electron chi connectivity index (χ1n) is 6.32. The highest BCUT2D eigenvalue weighted by Gasteiger charge is 2.16. The fraction of sp³-hybridized carbons (Fsp3) is 0.188. The van der Waals surface area contributed by atoms with E-state index in [-0.39, 0.29) is 12.4 Å². The molecule has 0 spiro atoms. The minimum absolute atomic E-state index is 0.0990. The van der Waals surface area contributed by atoms with E-state index in [2.05, 4.69) is 15.9 Å². The first-order chi connectivity index (χ1) is 10.1. The lowest BCUT2D eigenvalue weighted by Gasteiger charge is -2.14. The van der Waals surface area contributed by atoms with Crippen molar-refractivity contribution in [3.63, 3.8) is 0 Å². The molecule has 0 atom stereocenters. The van der Waals surface area contributed by atoms with Crippen LogP contribution in [-0.4, -0.2) is 13.1 Å². The molecule has 0 bridgehead atoms. The molecule has 0 aromatic heterocycles. The van der Waals surface area contributed by atoms with Crippen LogP contribution in [0.3, 0.4) is 0 Å². The molecule has 3 nitrogen and oxygen atoms in total. The van der Waals surface area contributed by atoms with E-state index >= 15 is 0 Å². The molecule has 0 fully saturated rings. The fourth-order valence-corrected chi connectivity index (χ4v) is 2.53. The largest absolute Gasteiger partial charge is 0.487 e. The smallest absolute Gasteiger partial charge is 0.310 e. The van der Waals surface area contributed by atoms with Crippen molar-refractivity contribution in [3.05, 3.63) is 63.1 Å². The van der Waals surface area contributed by atoms with E-state index in [9.17, 15) is 4.79 Å². The molecule has 0 aliphatic rings. The zero-order chi connectivity index (χ0) is 15.2. The maximum atomic E-state index is 11.5. The Hall–Kier alpha value is -1.52. The summed E-state index contributed by atoms with van der Waals surface area (Å²) in [5.41, 5.74) is 1.71. The summed E-state index contributed by atoms with van der Waals surface area (Å²) in [6.45, 7) is 0.380. The predicted molar refractivity (Wildman–Crippen MR) is 85.6 cm³/mol. The number of carbonyl (C=O) groups is 1. The highest BCUT2D eigenvalue weighted by molar-refractivity contribution is 9.10. The van der Waals surface area contributed by atoms with Crippen LogP contribution in [0.5, 0.6) is 5.75 Å². The van der Waals surface area contributed by atoms with Gasteiger partial charge in [-0.2, -0.15) is 0 Å². The number of ether oxygens (including phenoxy) is 2. The van der Waals surface area contributed by atoms with Gasteiger partial charge in [0.1, 0.15) is 12.4 Å². The van der Waals surface area contributed by atoms with Crippen LogP contribution in [0, 0.1) is 0 Å². The van der Waals surface area contributed by atoms with Crippen LogP contribution in [0.2, 0.25) is 5.02 Å². The summed E-state index contributed by atoms with van der Waals surface area (Å²) >= 11 is 9.62. The number of rotatable bonds is 5. The van der Waals surface area contributed by atoms with Gasteiger partial charge in [0.2, 0.25) is 0 Å². The molecule has 110 valence electrons. The first-order valence-corrected chi connectivity index (χ1v) is 7.49. The third-order valence-electron chi connectivity index (χ3n) is 2.93. The molecular weight excluding hydrogens is 356 g/mol. The Labute approximate surface area is 137 Å². The van der Waals surface area contributed by atoms with Crippen LogP contribution in [0.25, 0.3) is 0 Å².